The number of hydrogen-bond donors (Lipinski definition) is 1. The van der Waals surface area contributed by atoms with Crippen LogP contribution in [0.4, 0.5) is 10.8 Å². The van der Waals surface area contributed by atoms with Crippen LogP contribution >= 0.6 is 22.9 Å². The number of halogens is 1. The molecular weight excluding hydrogens is 292 g/mol. The van der Waals surface area contributed by atoms with Crippen LogP contribution in [-0.4, -0.2) is 11.6 Å². The Labute approximate surface area is 126 Å². The van der Waals surface area contributed by atoms with Crippen molar-refractivity contribution >= 4 is 44.0 Å². The van der Waals surface area contributed by atoms with Crippen molar-refractivity contribution in [1.29, 1.82) is 0 Å². The summed E-state index contributed by atoms with van der Waals surface area (Å²) < 4.78 is 6.51. The van der Waals surface area contributed by atoms with Gasteiger partial charge in [-0.2, -0.15) is 0 Å². The van der Waals surface area contributed by atoms with Crippen molar-refractivity contribution in [3.63, 3.8) is 0 Å². The normalized spacial score (nSPS) is 10.7. The molecule has 0 spiro atoms. The number of para-hydroxylation sites is 1. The van der Waals surface area contributed by atoms with Crippen molar-refractivity contribution in [3.8, 4) is 5.75 Å². The number of ether oxygens (including phenoxy) is 1. The summed E-state index contributed by atoms with van der Waals surface area (Å²) in [5.41, 5.74) is 1.81. The van der Waals surface area contributed by atoms with E-state index in [1.807, 2.05) is 43.3 Å². The zero-order chi connectivity index (χ0) is 13.9. The van der Waals surface area contributed by atoms with Crippen molar-refractivity contribution in [2.75, 3.05) is 11.9 Å². The van der Waals surface area contributed by atoms with E-state index in [-0.39, 0.29) is 0 Å². The second kappa shape index (κ2) is 5.69. The first-order valence-electron chi connectivity index (χ1n) is 6.31. The Morgan fingerprint density at radius 1 is 1.25 bits per heavy atom. The fourth-order valence-corrected chi connectivity index (χ4v) is 3.16. The molecule has 0 aliphatic carbocycles. The van der Waals surface area contributed by atoms with E-state index in [0.29, 0.717) is 11.6 Å². The topological polar surface area (TPSA) is 34.1 Å². The highest BCUT2D eigenvalue weighted by molar-refractivity contribution is 7.22. The van der Waals surface area contributed by atoms with Gasteiger partial charge in [0.15, 0.2) is 5.13 Å². The Morgan fingerprint density at radius 3 is 2.80 bits per heavy atom. The minimum Gasteiger partial charge on any atom is -0.494 e. The Bertz CT molecular complexity index is 727. The average molecular weight is 305 g/mol. The van der Waals surface area contributed by atoms with Crippen LogP contribution in [0.2, 0.25) is 5.02 Å². The summed E-state index contributed by atoms with van der Waals surface area (Å²) in [4.78, 5) is 4.53. The summed E-state index contributed by atoms with van der Waals surface area (Å²) in [5.74, 6) is 0.778. The molecular formula is C15H13ClN2OS. The van der Waals surface area contributed by atoms with Crippen LogP contribution in [0.5, 0.6) is 5.75 Å². The molecule has 0 atom stereocenters. The zero-order valence-corrected chi connectivity index (χ0v) is 12.5. The molecule has 5 heteroatoms. The molecule has 1 heterocycles. The number of benzene rings is 2. The minimum atomic E-state index is 0.614. The molecule has 0 unspecified atom stereocenters. The molecule has 3 rings (SSSR count). The van der Waals surface area contributed by atoms with Crippen LogP contribution in [0.15, 0.2) is 42.5 Å². The lowest BCUT2D eigenvalue weighted by Gasteiger charge is -2.02. The first-order valence-corrected chi connectivity index (χ1v) is 7.50. The smallest absolute Gasteiger partial charge is 0.188 e. The van der Waals surface area contributed by atoms with Crippen molar-refractivity contribution in [2.45, 2.75) is 6.92 Å². The molecule has 0 aliphatic heterocycles. The summed E-state index contributed by atoms with van der Waals surface area (Å²) in [6, 6.07) is 13.7. The number of aromatic nitrogens is 1. The van der Waals surface area contributed by atoms with Gasteiger partial charge in [-0.25, -0.2) is 4.98 Å². The first kappa shape index (κ1) is 13.2. The van der Waals surface area contributed by atoms with E-state index in [1.54, 1.807) is 17.4 Å². The zero-order valence-electron chi connectivity index (χ0n) is 10.9. The maximum absolute atomic E-state index is 6.25. The van der Waals surface area contributed by atoms with Gasteiger partial charge < -0.3 is 10.1 Å². The lowest BCUT2D eigenvalue weighted by atomic mass is 10.3. The summed E-state index contributed by atoms with van der Waals surface area (Å²) in [7, 11) is 0. The van der Waals surface area contributed by atoms with Crippen LogP contribution in [-0.2, 0) is 0 Å². The Kier molecular flexibility index (Phi) is 3.76. The van der Waals surface area contributed by atoms with Gasteiger partial charge in [-0.1, -0.05) is 41.1 Å². The van der Waals surface area contributed by atoms with Gasteiger partial charge in [0.25, 0.3) is 0 Å². The molecule has 3 nitrogen and oxygen atoms in total. The van der Waals surface area contributed by atoms with Gasteiger partial charge >= 0.3 is 0 Å². The van der Waals surface area contributed by atoms with Gasteiger partial charge in [0.1, 0.15) is 11.3 Å². The number of fused-ring (bicyclic) bond motifs is 1. The SMILES string of the molecule is CCOc1cc(Cl)c2nc(Nc3ccccc3)sc2c1. The highest BCUT2D eigenvalue weighted by Gasteiger charge is 2.10. The number of thiazole rings is 1. The molecule has 0 fully saturated rings. The fraction of sp³-hybridized carbons (Fsp3) is 0.133. The minimum absolute atomic E-state index is 0.614. The Morgan fingerprint density at radius 2 is 2.05 bits per heavy atom. The summed E-state index contributed by atoms with van der Waals surface area (Å²) in [6.07, 6.45) is 0. The molecule has 1 aromatic heterocycles. The Hall–Kier alpha value is -1.78. The molecule has 0 saturated heterocycles. The van der Waals surface area contributed by atoms with E-state index < -0.39 is 0 Å². The monoisotopic (exact) mass is 304 g/mol. The highest BCUT2D eigenvalue weighted by Crippen LogP contribution is 2.35. The highest BCUT2D eigenvalue weighted by atomic mass is 35.5. The van der Waals surface area contributed by atoms with Gasteiger partial charge in [-0.3, -0.25) is 0 Å². The van der Waals surface area contributed by atoms with E-state index in [1.165, 1.54) is 0 Å². The van der Waals surface area contributed by atoms with Gasteiger partial charge in [0, 0.05) is 11.8 Å². The lowest BCUT2D eigenvalue weighted by molar-refractivity contribution is 0.341. The predicted molar refractivity (Wildman–Crippen MR) is 85.5 cm³/mol. The molecule has 0 radical (unpaired) electrons. The number of anilines is 2. The molecule has 0 bridgehead atoms. The molecule has 2 aromatic carbocycles. The van der Waals surface area contributed by atoms with Crippen molar-refractivity contribution < 1.29 is 4.74 Å². The van der Waals surface area contributed by atoms with Crippen LogP contribution in [0, 0.1) is 0 Å². The van der Waals surface area contributed by atoms with E-state index in [9.17, 15) is 0 Å². The number of nitrogens with one attached hydrogen (secondary N) is 1. The third-order valence-corrected chi connectivity index (χ3v) is 3.96. The molecule has 102 valence electrons. The standard InChI is InChI=1S/C15H13ClN2OS/c1-2-19-11-8-12(16)14-13(9-11)20-15(18-14)17-10-6-4-3-5-7-10/h3-9H,2H2,1H3,(H,17,18). The van der Waals surface area contributed by atoms with Gasteiger partial charge in [-0.15, -0.1) is 0 Å². The van der Waals surface area contributed by atoms with Gasteiger partial charge in [0.2, 0.25) is 0 Å². The maximum atomic E-state index is 6.25. The molecule has 0 aliphatic rings. The van der Waals surface area contributed by atoms with Crippen LogP contribution < -0.4 is 10.1 Å². The second-order valence-electron chi connectivity index (χ2n) is 4.19. The van der Waals surface area contributed by atoms with E-state index in [0.717, 1.165) is 26.8 Å². The van der Waals surface area contributed by atoms with Crippen LogP contribution in [0.1, 0.15) is 6.92 Å². The van der Waals surface area contributed by atoms with Gasteiger partial charge in [-0.05, 0) is 25.1 Å². The van der Waals surface area contributed by atoms with Crippen molar-refractivity contribution in [3.05, 3.63) is 47.5 Å². The number of rotatable bonds is 4. The first-order chi connectivity index (χ1) is 9.76. The van der Waals surface area contributed by atoms with E-state index in [2.05, 4.69) is 10.3 Å². The lowest BCUT2D eigenvalue weighted by Crippen LogP contribution is -1.90. The number of hydrogen-bond acceptors (Lipinski definition) is 4. The molecule has 1 N–H and O–H groups in total. The third-order valence-electron chi connectivity index (χ3n) is 2.76. The van der Waals surface area contributed by atoms with Crippen molar-refractivity contribution in [1.82, 2.24) is 4.98 Å². The average Bonchev–Trinajstić information content (AvgIpc) is 2.83. The van der Waals surface area contributed by atoms with Gasteiger partial charge in [0.05, 0.1) is 16.3 Å². The second-order valence-corrected chi connectivity index (χ2v) is 5.63. The molecule has 0 saturated carbocycles. The fourth-order valence-electron chi connectivity index (χ4n) is 1.91. The summed E-state index contributed by atoms with van der Waals surface area (Å²) in [6.45, 7) is 2.57. The van der Waals surface area contributed by atoms with E-state index >= 15 is 0 Å². The molecule has 20 heavy (non-hydrogen) atoms. The van der Waals surface area contributed by atoms with E-state index in [4.69, 9.17) is 16.3 Å². The van der Waals surface area contributed by atoms with Crippen LogP contribution in [0.3, 0.4) is 0 Å². The molecule has 0 amide bonds. The van der Waals surface area contributed by atoms with Crippen LogP contribution in [0.25, 0.3) is 10.2 Å². The largest absolute Gasteiger partial charge is 0.494 e. The quantitative estimate of drug-likeness (QED) is 0.729. The van der Waals surface area contributed by atoms with Crippen molar-refractivity contribution in [2.24, 2.45) is 0 Å². The summed E-state index contributed by atoms with van der Waals surface area (Å²) >= 11 is 7.81. The maximum Gasteiger partial charge on any atom is 0.188 e. The third kappa shape index (κ3) is 2.71. The molecule has 3 aromatic rings. The summed E-state index contributed by atoms with van der Waals surface area (Å²) in [5, 5.41) is 4.72. The number of nitrogens with zero attached hydrogens (tertiary/aromatic N) is 1. The Balaban J connectivity index is 1.96. The predicted octanol–water partition coefficient (Wildman–Crippen LogP) is 5.09.